The second kappa shape index (κ2) is 9.98. The molecule has 0 radical (unpaired) electrons. The van der Waals surface area contributed by atoms with Crippen LogP contribution in [0.2, 0.25) is 0 Å². The third kappa shape index (κ3) is 6.42. The highest BCUT2D eigenvalue weighted by Gasteiger charge is 2.50. The molecular weight excluding hydrogens is 495 g/mol. The fraction of sp³-hybridized carbons (Fsp3) is 0.444. The van der Waals surface area contributed by atoms with Crippen LogP contribution in [0.4, 0.5) is 10.1 Å². The van der Waals surface area contributed by atoms with Crippen molar-refractivity contribution in [1.82, 2.24) is 15.4 Å². The number of carbonyl (C=O) groups is 2. The van der Waals surface area contributed by atoms with Gasteiger partial charge in [-0.3, -0.25) is 14.6 Å². The number of carbonyl (C=O) groups excluding carboxylic acids is 2. The molecule has 0 bridgehead atoms. The number of nitrogens with zero attached hydrogens (tertiary/aromatic N) is 1. The van der Waals surface area contributed by atoms with Crippen LogP contribution in [0.15, 0.2) is 52.4 Å². The van der Waals surface area contributed by atoms with Gasteiger partial charge in [0.05, 0.1) is 10.4 Å². The fourth-order valence-electron chi connectivity index (χ4n) is 4.37. The molecule has 198 valence electrons. The largest absolute Gasteiger partial charge is 0.352 e. The average Bonchev–Trinajstić information content (AvgIpc) is 3.43. The van der Waals surface area contributed by atoms with Crippen LogP contribution in [-0.2, 0) is 26.0 Å². The smallest absolute Gasteiger partial charge is 0.241 e. The van der Waals surface area contributed by atoms with Gasteiger partial charge in [-0.2, -0.15) is 4.72 Å². The second-order valence-electron chi connectivity index (χ2n) is 10.9. The van der Waals surface area contributed by atoms with Crippen molar-refractivity contribution in [3.05, 3.63) is 59.4 Å². The molecule has 0 aromatic heterocycles. The lowest BCUT2D eigenvalue weighted by molar-refractivity contribution is -0.124. The summed E-state index contributed by atoms with van der Waals surface area (Å²) in [7, 11) is -4.03. The van der Waals surface area contributed by atoms with Crippen molar-refractivity contribution in [1.29, 1.82) is 0 Å². The molecule has 0 spiro atoms. The van der Waals surface area contributed by atoms with E-state index in [2.05, 4.69) is 20.3 Å². The Bertz CT molecular complexity index is 1340. The molecule has 4 rings (SSSR count). The van der Waals surface area contributed by atoms with Gasteiger partial charge in [0.15, 0.2) is 0 Å². The van der Waals surface area contributed by atoms with Gasteiger partial charge in [-0.05, 0) is 70.7 Å². The first-order valence-corrected chi connectivity index (χ1v) is 13.8. The lowest BCUT2D eigenvalue weighted by atomic mass is 10.0. The SMILES string of the molecule is Cc1ccc(S(=O)(=O)N[C@@H](CCC(=O)NC(C)(C)C)C(=O)NC2(C3=Nc4c(F)cccc4C3)CC2)cc1. The summed E-state index contributed by atoms with van der Waals surface area (Å²) < 4.78 is 42.9. The van der Waals surface area contributed by atoms with E-state index >= 15 is 0 Å². The molecule has 3 N–H and O–H groups in total. The molecule has 1 atom stereocenters. The molecule has 1 aliphatic carbocycles. The van der Waals surface area contributed by atoms with Crippen LogP contribution in [0.3, 0.4) is 0 Å². The van der Waals surface area contributed by atoms with Gasteiger partial charge >= 0.3 is 0 Å². The van der Waals surface area contributed by atoms with Crippen LogP contribution in [0.1, 0.15) is 57.6 Å². The number of hydrogen-bond acceptors (Lipinski definition) is 5. The zero-order valence-corrected chi connectivity index (χ0v) is 22.3. The first-order valence-electron chi connectivity index (χ1n) is 12.4. The quantitative estimate of drug-likeness (QED) is 0.462. The molecule has 1 fully saturated rings. The number of amides is 2. The second-order valence-corrected chi connectivity index (χ2v) is 12.6. The molecule has 37 heavy (non-hydrogen) atoms. The standard InChI is InChI=1S/C27H33FN4O4S/c1-17-8-10-19(11-9-17)37(35,36)32-21(12-13-23(33)30-26(2,3)4)25(34)31-27(14-15-27)22-16-18-6-5-7-20(28)24(18)29-22/h5-11,21,32H,12-16H2,1-4H3,(H,30,33)(H,31,34)/t21-/m0/s1. The van der Waals surface area contributed by atoms with Crippen LogP contribution in [-0.4, -0.2) is 43.1 Å². The average molecular weight is 529 g/mol. The first kappa shape index (κ1) is 26.9. The van der Waals surface area contributed by atoms with Crippen LogP contribution in [0, 0.1) is 12.7 Å². The zero-order valence-electron chi connectivity index (χ0n) is 21.5. The van der Waals surface area contributed by atoms with Gasteiger partial charge in [0.1, 0.15) is 17.5 Å². The van der Waals surface area contributed by atoms with Crippen molar-refractivity contribution in [2.24, 2.45) is 4.99 Å². The van der Waals surface area contributed by atoms with Crippen LogP contribution in [0.25, 0.3) is 0 Å². The van der Waals surface area contributed by atoms with Crippen LogP contribution < -0.4 is 15.4 Å². The van der Waals surface area contributed by atoms with E-state index in [1.165, 1.54) is 18.2 Å². The van der Waals surface area contributed by atoms with Gasteiger partial charge in [0.25, 0.3) is 0 Å². The van der Waals surface area contributed by atoms with Crippen LogP contribution >= 0.6 is 0 Å². The molecule has 2 aromatic rings. The Morgan fingerprint density at radius 3 is 2.38 bits per heavy atom. The summed E-state index contributed by atoms with van der Waals surface area (Å²) >= 11 is 0. The topological polar surface area (TPSA) is 117 Å². The van der Waals surface area contributed by atoms with E-state index in [1.54, 1.807) is 24.3 Å². The minimum absolute atomic E-state index is 0.0299. The van der Waals surface area contributed by atoms with Crippen molar-refractivity contribution in [3.8, 4) is 0 Å². The Kier molecular flexibility index (Phi) is 7.27. The summed E-state index contributed by atoms with van der Waals surface area (Å²) in [6.07, 6.45) is 1.58. The highest BCUT2D eigenvalue weighted by Crippen LogP contribution is 2.43. The number of aryl methyl sites for hydroxylation is 1. The Balaban J connectivity index is 1.52. The van der Waals surface area contributed by atoms with Gasteiger partial charge in [-0.25, -0.2) is 12.8 Å². The van der Waals surface area contributed by atoms with Gasteiger partial charge in [0, 0.05) is 24.1 Å². The van der Waals surface area contributed by atoms with E-state index in [-0.39, 0.29) is 29.3 Å². The van der Waals surface area contributed by atoms with Crippen molar-refractivity contribution in [2.75, 3.05) is 0 Å². The van der Waals surface area contributed by atoms with Crippen molar-refractivity contribution < 1.29 is 22.4 Å². The maximum atomic E-state index is 14.2. The predicted molar refractivity (Wildman–Crippen MR) is 140 cm³/mol. The molecule has 1 saturated carbocycles. The van der Waals surface area contributed by atoms with Crippen molar-refractivity contribution >= 4 is 33.2 Å². The third-order valence-corrected chi connectivity index (χ3v) is 7.95. The molecular formula is C27H33FN4O4S. The molecule has 2 aromatic carbocycles. The van der Waals surface area contributed by atoms with Crippen molar-refractivity contribution in [3.63, 3.8) is 0 Å². The minimum atomic E-state index is -4.03. The number of aliphatic imine (C=N–C) groups is 1. The van der Waals surface area contributed by atoms with Gasteiger partial charge < -0.3 is 10.6 Å². The Morgan fingerprint density at radius 2 is 1.78 bits per heavy atom. The van der Waals surface area contributed by atoms with E-state index in [9.17, 15) is 22.4 Å². The summed E-state index contributed by atoms with van der Waals surface area (Å²) in [5, 5.41) is 5.80. The third-order valence-electron chi connectivity index (χ3n) is 6.46. The summed E-state index contributed by atoms with van der Waals surface area (Å²) in [6, 6.07) is 9.89. The maximum Gasteiger partial charge on any atom is 0.241 e. The van der Waals surface area contributed by atoms with Gasteiger partial charge in [0.2, 0.25) is 21.8 Å². The number of hydrogen-bond donors (Lipinski definition) is 3. The Morgan fingerprint density at radius 1 is 1.11 bits per heavy atom. The molecule has 0 saturated heterocycles. The highest BCUT2D eigenvalue weighted by atomic mass is 32.2. The molecule has 0 unspecified atom stereocenters. The zero-order chi connectivity index (χ0) is 27.0. The number of fused-ring (bicyclic) bond motifs is 1. The Hall–Kier alpha value is -3.11. The molecule has 8 nitrogen and oxygen atoms in total. The monoisotopic (exact) mass is 528 g/mol. The minimum Gasteiger partial charge on any atom is -0.352 e. The summed E-state index contributed by atoms with van der Waals surface area (Å²) in [5.41, 5.74) is 1.40. The number of rotatable bonds is 9. The first-order chi connectivity index (χ1) is 17.3. The summed E-state index contributed by atoms with van der Waals surface area (Å²) in [4.78, 5) is 30.4. The number of sulfonamides is 1. The molecule has 2 amide bonds. The van der Waals surface area contributed by atoms with E-state index in [4.69, 9.17) is 0 Å². The van der Waals surface area contributed by atoms with Crippen molar-refractivity contribution in [2.45, 2.75) is 81.8 Å². The summed E-state index contributed by atoms with van der Waals surface area (Å²) in [5.74, 6) is -1.24. The van der Waals surface area contributed by atoms with E-state index in [0.717, 1.165) is 11.1 Å². The molecule has 10 heteroatoms. The normalized spacial score (nSPS) is 16.9. The fourth-order valence-corrected chi connectivity index (χ4v) is 5.60. The molecule has 2 aliphatic rings. The Labute approximate surface area is 217 Å². The number of halogens is 1. The molecule has 1 heterocycles. The summed E-state index contributed by atoms with van der Waals surface area (Å²) in [6.45, 7) is 7.37. The van der Waals surface area contributed by atoms with Crippen LogP contribution in [0.5, 0.6) is 0 Å². The van der Waals surface area contributed by atoms with Gasteiger partial charge in [-0.15, -0.1) is 0 Å². The maximum absolute atomic E-state index is 14.2. The number of benzene rings is 2. The van der Waals surface area contributed by atoms with Gasteiger partial charge in [-0.1, -0.05) is 29.8 Å². The lowest BCUT2D eigenvalue weighted by Gasteiger charge is -2.24. The predicted octanol–water partition coefficient (Wildman–Crippen LogP) is 3.45. The number of nitrogens with one attached hydrogen (secondary N) is 3. The molecule has 1 aliphatic heterocycles. The van der Waals surface area contributed by atoms with E-state index in [1.807, 2.05) is 27.7 Å². The highest BCUT2D eigenvalue weighted by molar-refractivity contribution is 7.89. The lowest BCUT2D eigenvalue weighted by Crippen LogP contribution is -2.53. The number of para-hydroxylation sites is 1. The van der Waals surface area contributed by atoms with E-state index < -0.39 is 38.9 Å². The van der Waals surface area contributed by atoms with E-state index in [0.29, 0.717) is 25.0 Å².